The normalized spacial score (nSPS) is 14.9. The van der Waals surface area contributed by atoms with E-state index in [1.54, 1.807) is 48.3 Å². The molecule has 0 aliphatic carbocycles. The summed E-state index contributed by atoms with van der Waals surface area (Å²) in [7, 11) is -2.50. The molecule has 0 unspecified atom stereocenters. The van der Waals surface area contributed by atoms with Crippen molar-refractivity contribution < 1.29 is 28.0 Å². The summed E-state index contributed by atoms with van der Waals surface area (Å²) in [6.07, 6.45) is 3.78. The Morgan fingerprint density at radius 3 is 2.43 bits per heavy atom. The molecule has 11 nitrogen and oxygen atoms in total. The predicted octanol–water partition coefficient (Wildman–Crippen LogP) is 3.89. The number of benzene rings is 3. The number of hydrogen-bond donors (Lipinski definition) is 4. The molecule has 1 aliphatic heterocycles. The predicted molar refractivity (Wildman–Crippen MR) is 177 cm³/mol. The fourth-order valence-electron chi connectivity index (χ4n) is 5.68. The molecular weight excluding hydrogens is 606 g/mol. The van der Waals surface area contributed by atoms with Gasteiger partial charge in [0.2, 0.25) is 21.8 Å². The Bertz CT molecular complexity index is 1620. The number of carbonyl (C=O) groups excluding carboxylic acids is 2. The molecule has 3 aromatic carbocycles. The summed E-state index contributed by atoms with van der Waals surface area (Å²) in [6.45, 7) is 3.45. The minimum Gasteiger partial charge on any atom is -0.494 e. The topological polar surface area (TPSA) is 163 Å². The summed E-state index contributed by atoms with van der Waals surface area (Å²) < 4.78 is 35.8. The summed E-state index contributed by atoms with van der Waals surface area (Å²) >= 11 is 0. The number of ether oxygens (including phenoxy) is 1. The quantitative estimate of drug-likeness (QED) is 0.0891. The first kappa shape index (κ1) is 34.5. The number of nitrogens with one attached hydrogen (secondary N) is 2. The van der Waals surface area contributed by atoms with Crippen LogP contribution in [0.1, 0.15) is 50.2 Å². The molecule has 1 atom stereocenters. The number of amidine groups is 1. The fraction of sp³-hybridized carbons (Fsp3) is 0.382. The van der Waals surface area contributed by atoms with E-state index in [9.17, 15) is 18.0 Å². The van der Waals surface area contributed by atoms with Crippen molar-refractivity contribution in [1.29, 1.82) is 0 Å². The van der Waals surface area contributed by atoms with Crippen molar-refractivity contribution in [3.05, 3.63) is 83.9 Å². The molecule has 12 heteroatoms. The van der Waals surface area contributed by atoms with Gasteiger partial charge in [0.05, 0.1) is 11.5 Å². The van der Waals surface area contributed by atoms with Crippen LogP contribution in [0.25, 0.3) is 11.1 Å². The molecule has 2 amide bonds. The fourth-order valence-corrected chi connectivity index (χ4v) is 6.91. The first-order valence-corrected chi connectivity index (χ1v) is 17.0. The van der Waals surface area contributed by atoms with Crippen molar-refractivity contribution >= 4 is 27.7 Å². The van der Waals surface area contributed by atoms with Crippen molar-refractivity contribution in [1.82, 2.24) is 14.9 Å². The zero-order valence-corrected chi connectivity index (χ0v) is 27.1. The highest BCUT2D eigenvalue weighted by atomic mass is 32.2. The van der Waals surface area contributed by atoms with Crippen LogP contribution in [0, 0.1) is 5.92 Å². The first-order chi connectivity index (χ1) is 22.1. The van der Waals surface area contributed by atoms with Crippen LogP contribution in [0.4, 0.5) is 0 Å². The maximum Gasteiger partial charge on any atom is 0.241 e. The number of amides is 2. The third kappa shape index (κ3) is 9.30. The van der Waals surface area contributed by atoms with Gasteiger partial charge in [0, 0.05) is 32.1 Å². The van der Waals surface area contributed by atoms with E-state index in [-0.39, 0.29) is 29.0 Å². The molecule has 0 radical (unpaired) electrons. The lowest BCUT2D eigenvalue weighted by Gasteiger charge is -2.34. The van der Waals surface area contributed by atoms with Gasteiger partial charge in [0.25, 0.3) is 0 Å². The third-order valence-corrected chi connectivity index (χ3v) is 9.70. The Morgan fingerprint density at radius 1 is 1.04 bits per heavy atom. The molecule has 246 valence electrons. The van der Waals surface area contributed by atoms with E-state index in [0.29, 0.717) is 48.7 Å². The molecule has 1 aliphatic rings. The zero-order chi connectivity index (χ0) is 33.1. The molecule has 0 saturated carbocycles. The maximum atomic E-state index is 14.0. The van der Waals surface area contributed by atoms with Gasteiger partial charge in [0.15, 0.2) is 5.84 Å². The summed E-state index contributed by atoms with van der Waals surface area (Å²) in [5, 5.41) is 14.8. The Kier molecular flexibility index (Phi) is 12.2. The first-order valence-electron chi connectivity index (χ1n) is 15.5. The number of oxime groups is 1. The lowest BCUT2D eigenvalue weighted by Crippen LogP contribution is -2.51. The Hall–Kier alpha value is -4.42. The molecule has 5 N–H and O–H groups in total. The molecule has 0 bridgehead atoms. The van der Waals surface area contributed by atoms with Gasteiger partial charge < -0.3 is 25.9 Å². The van der Waals surface area contributed by atoms with Crippen LogP contribution in [0.3, 0.4) is 0 Å². The van der Waals surface area contributed by atoms with Crippen molar-refractivity contribution in [2.75, 3.05) is 26.7 Å². The Labute approximate surface area is 270 Å². The Balaban J connectivity index is 1.54. The molecular formula is C34H43N5O6S. The van der Waals surface area contributed by atoms with E-state index in [0.717, 1.165) is 37.0 Å². The van der Waals surface area contributed by atoms with Gasteiger partial charge in [-0.2, -0.15) is 4.72 Å². The van der Waals surface area contributed by atoms with Gasteiger partial charge in [0.1, 0.15) is 11.8 Å². The highest BCUT2D eigenvalue weighted by Crippen LogP contribution is 2.26. The molecule has 3 aromatic rings. The van der Waals surface area contributed by atoms with Gasteiger partial charge in [-0.1, -0.05) is 47.6 Å². The SMILES string of the molecule is CCOc1ccc(-c2cccc(S(=O)(=O)N[C@@H](Cc3cccc(/C(N)=N\O)c3)C(=O)N3CCC(CCCC(=O)NC)CC3)c2)cc1. The van der Waals surface area contributed by atoms with E-state index in [1.807, 2.05) is 37.3 Å². The smallest absolute Gasteiger partial charge is 0.241 e. The highest BCUT2D eigenvalue weighted by molar-refractivity contribution is 7.89. The molecule has 46 heavy (non-hydrogen) atoms. The summed E-state index contributed by atoms with van der Waals surface area (Å²) in [5.74, 6) is 0.733. The second-order valence-corrected chi connectivity index (χ2v) is 13.1. The average Bonchev–Trinajstić information content (AvgIpc) is 3.08. The number of rotatable bonds is 14. The maximum absolute atomic E-state index is 14.0. The van der Waals surface area contributed by atoms with Crippen LogP contribution in [-0.2, 0) is 26.0 Å². The summed E-state index contributed by atoms with van der Waals surface area (Å²) in [4.78, 5) is 27.3. The second-order valence-electron chi connectivity index (χ2n) is 11.4. The van der Waals surface area contributed by atoms with Crippen LogP contribution < -0.4 is 20.5 Å². The number of nitrogens with zero attached hydrogens (tertiary/aromatic N) is 2. The monoisotopic (exact) mass is 649 g/mol. The standard InChI is InChI=1S/C34H43N5O6S/c1-3-45-29-15-13-26(14-16-29)27-9-6-11-30(23-27)46(43,44)38-31(22-25-8-4-10-28(21-25)33(35)37-42)34(41)39-19-17-24(18-20-39)7-5-12-32(40)36-2/h4,6,8-11,13-16,21,23-24,31,38,42H,3,5,7,12,17-20,22H2,1-2H3,(H2,35,37)(H,36,40)/t31-/m0/s1. The lowest BCUT2D eigenvalue weighted by molar-refractivity contribution is -0.134. The molecule has 0 spiro atoms. The van der Waals surface area contributed by atoms with Gasteiger partial charge in [-0.3, -0.25) is 9.59 Å². The molecule has 1 heterocycles. The molecule has 4 rings (SSSR count). The summed E-state index contributed by atoms with van der Waals surface area (Å²) in [6, 6.07) is 19.7. The van der Waals surface area contributed by atoms with Crippen LogP contribution >= 0.6 is 0 Å². The minimum absolute atomic E-state index is 0.0174. The van der Waals surface area contributed by atoms with Crippen molar-refractivity contribution in [2.24, 2.45) is 16.8 Å². The number of hydrogen-bond acceptors (Lipinski definition) is 7. The van der Waals surface area contributed by atoms with Crippen LogP contribution in [0.2, 0.25) is 0 Å². The largest absolute Gasteiger partial charge is 0.494 e. The van der Waals surface area contributed by atoms with Gasteiger partial charge >= 0.3 is 0 Å². The number of nitrogens with two attached hydrogens (primary N) is 1. The summed E-state index contributed by atoms with van der Waals surface area (Å²) in [5.41, 5.74) is 8.43. The van der Waals surface area contributed by atoms with Crippen molar-refractivity contribution in [3.63, 3.8) is 0 Å². The van der Waals surface area contributed by atoms with Crippen LogP contribution in [-0.4, -0.2) is 69.0 Å². The molecule has 0 aromatic heterocycles. The van der Waals surface area contributed by atoms with Crippen molar-refractivity contribution in [3.8, 4) is 16.9 Å². The van der Waals surface area contributed by atoms with Gasteiger partial charge in [-0.05, 0) is 92.0 Å². The highest BCUT2D eigenvalue weighted by Gasteiger charge is 2.32. The van der Waals surface area contributed by atoms with Gasteiger partial charge in [-0.15, -0.1) is 0 Å². The Morgan fingerprint density at radius 2 is 1.76 bits per heavy atom. The van der Waals surface area contributed by atoms with E-state index < -0.39 is 16.1 Å². The average molecular weight is 650 g/mol. The van der Waals surface area contributed by atoms with E-state index in [4.69, 9.17) is 15.7 Å². The van der Waals surface area contributed by atoms with E-state index in [2.05, 4.69) is 15.2 Å². The lowest BCUT2D eigenvalue weighted by atomic mass is 9.91. The van der Waals surface area contributed by atoms with E-state index in [1.165, 1.54) is 6.07 Å². The number of sulfonamides is 1. The number of likely N-dealkylation sites (tertiary alicyclic amines) is 1. The van der Waals surface area contributed by atoms with Crippen LogP contribution in [0.15, 0.2) is 82.8 Å². The minimum atomic E-state index is -4.12. The number of piperidine rings is 1. The van der Waals surface area contributed by atoms with Crippen molar-refractivity contribution in [2.45, 2.75) is 56.4 Å². The second kappa shape index (κ2) is 16.2. The van der Waals surface area contributed by atoms with Gasteiger partial charge in [-0.25, -0.2) is 8.42 Å². The molecule has 1 saturated heterocycles. The third-order valence-electron chi connectivity index (χ3n) is 8.23. The molecule has 1 fully saturated rings. The number of carbonyl (C=O) groups is 2. The zero-order valence-electron chi connectivity index (χ0n) is 26.3. The van der Waals surface area contributed by atoms with Crippen LogP contribution in [0.5, 0.6) is 5.75 Å². The van der Waals surface area contributed by atoms with E-state index >= 15 is 0 Å².